The fourth-order valence-corrected chi connectivity index (χ4v) is 1.65. The molecule has 1 N–H and O–H groups in total. The summed E-state index contributed by atoms with van der Waals surface area (Å²) in [7, 11) is 1.62. The molecule has 0 radical (unpaired) electrons. The average Bonchev–Trinajstić information content (AvgIpc) is 2.44. The standard InChI is InChI=1S/C12H19ClN6O/c1-3-6-15-11-16-10(13)17-12(18-11)19(7-4-5-14)8-9-20-2/h3-4,6-9H2,1-2H3,(H,15,16,17,18). The smallest absolute Gasteiger partial charge is 0.231 e. The molecule has 20 heavy (non-hydrogen) atoms. The van der Waals surface area contributed by atoms with Gasteiger partial charge in [0.25, 0.3) is 0 Å². The van der Waals surface area contributed by atoms with Gasteiger partial charge in [-0.1, -0.05) is 6.92 Å². The van der Waals surface area contributed by atoms with Crippen molar-refractivity contribution in [3.63, 3.8) is 0 Å². The van der Waals surface area contributed by atoms with E-state index in [1.54, 1.807) is 7.11 Å². The molecule has 0 aliphatic rings. The lowest BCUT2D eigenvalue weighted by Gasteiger charge is -2.21. The molecule has 1 aromatic rings. The minimum atomic E-state index is 0.132. The first-order valence-corrected chi connectivity index (χ1v) is 6.85. The van der Waals surface area contributed by atoms with Crippen molar-refractivity contribution in [2.45, 2.75) is 19.8 Å². The number of halogens is 1. The number of hydrogen-bond acceptors (Lipinski definition) is 7. The first kappa shape index (κ1) is 16.4. The summed E-state index contributed by atoms with van der Waals surface area (Å²) in [6.07, 6.45) is 1.34. The zero-order valence-corrected chi connectivity index (χ0v) is 12.5. The first-order chi connectivity index (χ1) is 9.71. The topological polar surface area (TPSA) is 87.0 Å². The Balaban J connectivity index is 2.87. The predicted molar refractivity (Wildman–Crippen MR) is 77.9 cm³/mol. The molecule has 1 aromatic heterocycles. The van der Waals surface area contributed by atoms with Gasteiger partial charge in [-0.2, -0.15) is 20.2 Å². The highest BCUT2D eigenvalue weighted by atomic mass is 35.5. The Hall–Kier alpha value is -1.65. The number of nitriles is 1. The van der Waals surface area contributed by atoms with E-state index in [1.807, 2.05) is 4.90 Å². The zero-order valence-electron chi connectivity index (χ0n) is 11.8. The second kappa shape index (κ2) is 9.28. The summed E-state index contributed by atoms with van der Waals surface area (Å²) in [4.78, 5) is 14.3. The summed E-state index contributed by atoms with van der Waals surface area (Å²) in [5.41, 5.74) is 0. The average molecular weight is 299 g/mol. The van der Waals surface area contributed by atoms with Crippen molar-refractivity contribution >= 4 is 23.5 Å². The van der Waals surface area contributed by atoms with Gasteiger partial charge in [-0.15, -0.1) is 0 Å². The Morgan fingerprint density at radius 2 is 2.15 bits per heavy atom. The number of methoxy groups -OCH3 is 1. The number of hydrogen-bond donors (Lipinski definition) is 1. The largest absolute Gasteiger partial charge is 0.383 e. The van der Waals surface area contributed by atoms with Crippen molar-refractivity contribution in [1.29, 1.82) is 5.26 Å². The molecule has 0 aliphatic heterocycles. The number of nitrogens with one attached hydrogen (secondary N) is 1. The van der Waals surface area contributed by atoms with Crippen molar-refractivity contribution in [2.75, 3.05) is 43.6 Å². The molecule has 110 valence electrons. The van der Waals surface area contributed by atoms with Crippen LogP contribution in [0.4, 0.5) is 11.9 Å². The van der Waals surface area contributed by atoms with Crippen molar-refractivity contribution in [2.24, 2.45) is 0 Å². The third-order valence-electron chi connectivity index (χ3n) is 2.47. The molecular weight excluding hydrogens is 280 g/mol. The van der Waals surface area contributed by atoms with E-state index in [1.165, 1.54) is 0 Å². The molecule has 0 bridgehead atoms. The van der Waals surface area contributed by atoms with E-state index in [9.17, 15) is 0 Å². The molecule has 0 aliphatic carbocycles. The number of anilines is 2. The van der Waals surface area contributed by atoms with E-state index in [-0.39, 0.29) is 5.28 Å². The van der Waals surface area contributed by atoms with Gasteiger partial charge in [-0.3, -0.25) is 0 Å². The van der Waals surface area contributed by atoms with Gasteiger partial charge >= 0.3 is 0 Å². The van der Waals surface area contributed by atoms with Crippen molar-refractivity contribution in [3.05, 3.63) is 5.28 Å². The predicted octanol–water partition coefficient (Wildman–Crippen LogP) is 1.71. The summed E-state index contributed by atoms with van der Waals surface area (Å²) in [5.74, 6) is 0.900. The lowest BCUT2D eigenvalue weighted by atomic mass is 10.4. The van der Waals surface area contributed by atoms with Crippen LogP contribution in [0.2, 0.25) is 5.28 Å². The third-order valence-corrected chi connectivity index (χ3v) is 2.64. The molecule has 0 atom stereocenters. The van der Waals surface area contributed by atoms with Crippen LogP contribution in [-0.4, -0.2) is 48.3 Å². The van der Waals surface area contributed by atoms with E-state index in [0.29, 0.717) is 38.0 Å². The Morgan fingerprint density at radius 3 is 2.80 bits per heavy atom. The van der Waals surface area contributed by atoms with Gasteiger partial charge in [0, 0.05) is 26.7 Å². The molecule has 0 amide bonds. The summed E-state index contributed by atoms with van der Waals surface area (Å²) in [6.45, 7) is 4.44. The lowest BCUT2D eigenvalue weighted by Crippen LogP contribution is -2.30. The summed E-state index contributed by atoms with van der Waals surface area (Å²) < 4.78 is 5.05. The summed E-state index contributed by atoms with van der Waals surface area (Å²) >= 11 is 5.92. The van der Waals surface area contributed by atoms with Crippen LogP contribution >= 0.6 is 11.6 Å². The Kier molecular flexibility index (Phi) is 7.62. The number of rotatable bonds is 9. The van der Waals surface area contributed by atoms with Crippen molar-refractivity contribution < 1.29 is 4.74 Å². The molecule has 0 saturated carbocycles. The molecule has 0 aromatic carbocycles. The van der Waals surface area contributed by atoms with Crippen LogP contribution in [-0.2, 0) is 4.74 Å². The van der Waals surface area contributed by atoms with E-state index in [0.717, 1.165) is 13.0 Å². The molecule has 0 spiro atoms. The monoisotopic (exact) mass is 298 g/mol. The van der Waals surface area contributed by atoms with E-state index >= 15 is 0 Å². The van der Waals surface area contributed by atoms with Gasteiger partial charge in [-0.25, -0.2) is 0 Å². The van der Waals surface area contributed by atoms with E-state index in [4.69, 9.17) is 21.6 Å². The maximum Gasteiger partial charge on any atom is 0.231 e. The molecule has 1 rings (SSSR count). The summed E-state index contributed by atoms with van der Waals surface area (Å²) in [6, 6.07) is 2.11. The van der Waals surface area contributed by atoms with Crippen molar-refractivity contribution in [1.82, 2.24) is 15.0 Å². The van der Waals surface area contributed by atoms with Gasteiger partial charge in [0.05, 0.1) is 19.1 Å². The molecule has 0 saturated heterocycles. The highest BCUT2D eigenvalue weighted by Crippen LogP contribution is 2.14. The highest BCUT2D eigenvalue weighted by Gasteiger charge is 2.12. The normalized spacial score (nSPS) is 10.1. The number of aromatic nitrogens is 3. The second-order valence-corrected chi connectivity index (χ2v) is 4.38. The van der Waals surface area contributed by atoms with Crippen LogP contribution < -0.4 is 10.2 Å². The Bertz CT molecular complexity index is 450. The molecule has 8 heteroatoms. The van der Waals surface area contributed by atoms with Crippen LogP contribution in [0.15, 0.2) is 0 Å². The van der Waals surface area contributed by atoms with E-state index < -0.39 is 0 Å². The fourth-order valence-electron chi connectivity index (χ4n) is 1.50. The molecule has 0 fully saturated rings. The Morgan fingerprint density at radius 1 is 1.35 bits per heavy atom. The quantitative estimate of drug-likeness (QED) is 0.742. The van der Waals surface area contributed by atoms with Crippen LogP contribution in [0.5, 0.6) is 0 Å². The summed E-state index contributed by atoms with van der Waals surface area (Å²) in [5, 5.41) is 11.9. The molecule has 7 nitrogen and oxygen atoms in total. The number of nitrogens with zero attached hydrogens (tertiary/aromatic N) is 5. The number of ether oxygens (including phenoxy) is 1. The SMILES string of the molecule is CCCNc1nc(Cl)nc(N(CCC#N)CCOC)n1. The Labute approximate surface area is 123 Å². The maximum atomic E-state index is 8.71. The van der Waals surface area contributed by atoms with Crippen LogP contribution in [0, 0.1) is 11.3 Å². The molecular formula is C12H19ClN6O. The van der Waals surface area contributed by atoms with Gasteiger partial charge in [0.2, 0.25) is 17.2 Å². The third kappa shape index (κ3) is 5.55. The minimum Gasteiger partial charge on any atom is -0.383 e. The molecule has 0 unspecified atom stereocenters. The van der Waals surface area contributed by atoms with Gasteiger partial charge in [0.1, 0.15) is 0 Å². The van der Waals surface area contributed by atoms with E-state index in [2.05, 4.69) is 33.3 Å². The van der Waals surface area contributed by atoms with Gasteiger partial charge in [0.15, 0.2) is 0 Å². The molecule has 1 heterocycles. The minimum absolute atomic E-state index is 0.132. The first-order valence-electron chi connectivity index (χ1n) is 6.47. The van der Waals surface area contributed by atoms with Gasteiger partial charge < -0.3 is 15.0 Å². The fraction of sp³-hybridized carbons (Fsp3) is 0.667. The van der Waals surface area contributed by atoms with Gasteiger partial charge in [-0.05, 0) is 18.0 Å². The zero-order chi connectivity index (χ0) is 14.8. The maximum absolute atomic E-state index is 8.71. The highest BCUT2D eigenvalue weighted by molar-refractivity contribution is 6.28. The lowest BCUT2D eigenvalue weighted by molar-refractivity contribution is 0.205. The van der Waals surface area contributed by atoms with Crippen LogP contribution in [0.1, 0.15) is 19.8 Å². The van der Waals surface area contributed by atoms with Crippen LogP contribution in [0.25, 0.3) is 0 Å². The van der Waals surface area contributed by atoms with Crippen LogP contribution in [0.3, 0.4) is 0 Å². The second-order valence-electron chi connectivity index (χ2n) is 4.04. The van der Waals surface area contributed by atoms with Crippen molar-refractivity contribution in [3.8, 4) is 6.07 Å².